The third-order valence-electron chi connectivity index (χ3n) is 4.39. The smallest absolute Gasteiger partial charge is 0.343 e. The van der Waals surface area contributed by atoms with Gasteiger partial charge in [0.2, 0.25) is 5.91 Å². The van der Waals surface area contributed by atoms with Gasteiger partial charge in [0, 0.05) is 23.7 Å². The minimum atomic E-state index is -4.47. The van der Waals surface area contributed by atoms with Gasteiger partial charge >= 0.3 is 6.18 Å². The van der Waals surface area contributed by atoms with Crippen molar-refractivity contribution in [3.05, 3.63) is 29.3 Å². The summed E-state index contributed by atoms with van der Waals surface area (Å²) in [4.78, 5) is 24.0. The molecule has 8 heteroatoms. The summed E-state index contributed by atoms with van der Waals surface area (Å²) < 4.78 is 36.6. The molecule has 2 amide bonds. The molecule has 1 saturated carbocycles. The summed E-state index contributed by atoms with van der Waals surface area (Å²) in [5, 5.41) is 4.54. The van der Waals surface area contributed by atoms with Crippen molar-refractivity contribution in [2.75, 3.05) is 11.9 Å². The van der Waals surface area contributed by atoms with Crippen LogP contribution in [-0.2, 0) is 4.79 Å². The number of amides is 2. The molecule has 1 fully saturated rings. The lowest BCUT2D eigenvalue weighted by molar-refractivity contribution is -0.123. The Morgan fingerprint density at radius 2 is 2.00 bits per heavy atom. The van der Waals surface area contributed by atoms with Crippen molar-refractivity contribution in [2.45, 2.75) is 44.8 Å². The monoisotopic (exact) mass is 357 g/mol. The summed E-state index contributed by atoms with van der Waals surface area (Å²) in [5.74, 6) is -0.914. The maximum Gasteiger partial charge on any atom is 0.405 e. The average molecular weight is 357 g/mol. The molecule has 25 heavy (non-hydrogen) atoms. The van der Waals surface area contributed by atoms with Gasteiger partial charge in [-0.15, -0.1) is 0 Å². The van der Waals surface area contributed by atoms with E-state index in [1.807, 2.05) is 5.32 Å². The molecule has 0 radical (unpaired) electrons. The van der Waals surface area contributed by atoms with Crippen LogP contribution in [0, 0.1) is 12.8 Å². The highest BCUT2D eigenvalue weighted by Gasteiger charge is 2.28. The van der Waals surface area contributed by atoms with E-state index in [1.54, 1.807) is 13.0 Å². The molecule has 0 unspecified atom stereocenters. The number of nitrogens with two attached hydrogens (primary N) is 1. The van der Waals surface area contributed by atoms with Crippen LogP contribution in [-0.4, -0.2) is 30.6 Å². The second-order valence-corrected chi connectivity index (χ2v) is 6.43. The Balaban J connectivity index is 2.00. The number of rotatable bonds is 5. The molecule has 0 saturated heterocycles. The lowest BCUT2D eigenvalue weighted by atomic mass is 9.99. The summed E-state index contributed by atoms with van der Waals surface area (Å²) in [5.41, 5.74) is 7.15. The van der Waals surface area contributed by atoms with Crippen molar-refractivity contribution < 1.29 is 22.8 Å². The zero-order chi connectivity index (χ0) is 18.6. The highest BCUT2D eigenvalue weighted by molar-refractivity contribution is 5.97. The van der Waals surface area contributed by atoms with Crippen LogP contribution in [0.3, 0.4) is 0 Å². The zero-order valence-electron chi connectivity index (χ0n) is 14.0. The highest BCUT2D eigenvalue weighted by Crippen LogP contribution is 2.27. The van der Waals surface area contributed by atoms with E-state index in [2.05, 4.69) is 5.32 Å². The van der Waals surface area contributed by atoms with Crippen LogP contribution in [0.1, 0.15) is 41.6 Å². The third kappa shape index (κ3) is 5.74. The van der Waals surface area contributed by atoms with Gasteiger partial charge in [-0.3, -0.25) is 9.59 Å². The molecule has 0 heterocycles. The molecule has 2 atom stereocenters. The van der Waals surface area contributed by atoms with E-state index < -0.39 is 18.6 Å². The molecule has 1 aromatic carbocycles. The molecule has 0 aromatic heterocycles. The van der Waals surface area contributed by atoms with Crippen molar-refractivity contribution in [2.24, 2.45) is 11.7 Å². The fourth-order valence-electron chi connectivity index (χ4n) is 2.94. The summed E-state index contributed by atoms with van der Waals surface area (Å²) in [6.07, 6.45) is -1.35. The van der Waals surface area contributed by atoms with Crippen LogP contribution in [0.4, 0.5) is 18.9 Å². The molecular formula is C17H22F3N3O2. The number of hydrogen-bond acceptors (Lipinski definition) is 3. The number of anilines is 1. The van der Waals surface area contributed by atoms with Gasteiger partial charge in [-0.05, 0) is 43.4 Å². The number of hydrogen-bond donors (Lipinski definition) is 3. The van der Waals surface area contributed by atoms with E-state index in [-0.39, 0.29) is 23.4 Å². The Morgan fingerprint density at radius 3 is 2.60 bits per heavy atom. The van der Waals surface area contributed by atoms with Crippen LogP contribution in [0.2, 0.25) is 0 Å². The Bertz CT molecular complexity index is 647. The minimum absolute atomic E-state index is 0.0197. The molecular weight excluding hydrogens is 335 g/mol. The molecule has 138 valence electrons. The molecule has 2 rings (SSSR count). The molecule has 1 aromatic rings. The topological polar surface area (TPSA) is 84.2 Å². The standard InChI is InChI=1S/C17H22F3N3O2/c1-10-5-6-12(16(25)22-9-17(18,19)20)7-14(10)23-15(24)8-11-3-2-4-13(11)21/h5-7,11,13H,2-4,8-9,21H2,1H3,(H,22,25)(H,23,24)/t11-,13+/m0/s1. The Labute approximate surface area is 144 Å². The van der Waals surface area contributed by atoms with Gasteiger partial charge in [0.15, 0.2) is 0 Å². The lowest BCUT2D eigenvalue weighted by Gasteiger charge is -2.16. The average Bonchev–Trinajstić information content (AvgIpc) is 2.91. The second-order valence-electron chi connectivity index (χ2n) is 6.43. The summed E-state index contributed by atoms with van der Waals surface area (Å²) in [6, 6.07) is 4.41. The highest BCUT2D eigenvalue weighted by atomic mass is 19.4. The van der Waals surface area contributed by atoms with E-state index in [0.717, 1.165) is 24.8 Å². The number of halogens is 3. The van der Waals surface area contributed by atoms with Crippen LogP contribution >= 0.6 is 0 Å². The van der Waals surface area contributed by atoms with Crippen molar-refractivity contribution in [1.29, 1.82) is 0 Å². The second kappa shape index (κ2) is 7.86. The molecule has 4 N–H and O–H groups in total. The molecule has 5 nitrogen and oxygen atoms in total. The van der Waals surface area contributed by atoms with Gasteiger partial charge in [0.1, 0.15) is 6.54 Å². The number of carbonyl (C=O) groups excluding carboxylic acids is 2. The van der Waals surface area contributed by atoms with E-state index in [1.165, 1.54) is 12.1 Å². The van der Waals surface area contributed by atoms with Gasteiger partial charge in [0.25, 0.3) is 5.91 Å². The molecule has 1 aliphatic carbocycles. The van der Waals surface area contributed by atoms with Gasteiger partial charge in [0.05, 0.1) is 0 Å². The predicted octanol–water partition coefficient (Wildman–Crippen LogP) is 2.74. The molecule has 0 bridgehead atoms. The fourth-order valence-corrected chi connectivity index (χ4v) is 2.94. The maximum atomic E-state index is 12.2. The minimum Gasteiger partial charge on any atom is -0.343 e. The fraction of sp³-hybridized carbons (Fsp3) is 0.529. The van der Waals surface area contributed by atoms with Crippen LogP contribution < -0.4 is 16.4 Å². The number of benzene rings is 1. The zero-order valence-corrected chi connectivity index (χ0v) is 14.0. The van der Waals surface area contributed by atoms with Gasteiger partial charge < -0.3 is 16.4 Å². The van der Waals surface area contributed by atoms with Crippen LogP contribution in [0.15, 0.2) is 18.2 Å². The maximum absolute atomic E-state index is 12.2. The van der Waals surface area contributed by atoms with Crippen molar-refractivity contribution >= 4 is 17.5 Å². The van der Waals surface area contributed by atoms with Gasteiger partial charge in [-0.25, -0.2) is 0 Å². The first-order valence-corrected chi connectivity index (χ1v) is 8.17. The van der Waals surface area contributed by atoms with Gasteiger partial charge in [-0.2, -0.15) is 13.2 Å². The van der Waals surface area contributed by atoms with Crippen molar-refractivity contribution in [3.8, 4) is 0 Å². The summed E-state index contributed by atoms with van der Waals surface area (Å²) in [6.45, 7) is 0.343. The van der Waals surface area contributed by atoms with Crippen molar-refractivity contribution in [1.82, 2.24) is 5.32 Å². The van der Waals surface area contributed by atoms with E-state index in [9.17, 15) is 22.8 Å². The number of carbonyl (C=O) groups is 2. The first kappa shape index (κ1) is 19.2. The SMILES string of the molecule is Cc1ccc(C(=O)NCC(F)(F)F)cc1NC(=O)C[C@@H]1CCC[C@H]1N. The molecule has 0 spiro atoms. The van der Waals surface area contributed by atoms with Crippen LogP contribution in [0.25, 0.3) is 0 Å². The molecule has 0 aliphatic heterocycles. The first-order valence-electron chi connectivity index (χ1n) is 8.17. The largest absolute Gasteiger partial charge is 0.405 e. The summed E-state index contributed by atoms with van der Waals surface area (Å²) >= 11 is 0. The van der Waals surface area contributed by atoms with E-state index >= 15 is 0 Å². The Morgan fingerprint density at radius 1 is 1.28 bits per heavy atom. The Kier molecular flexibility index (Phi) is 6.05. The lowest BCUT2D eigenvalue weighted by Crippen LogP contribution is -2.33. The number of aryl methyl sites for hydroxylation is 1. The van der Waals surface area contributed by atoms with E-state index in [0.29, 0.717) is 12.1 Å². The number of alkyl halides is 3. The molecule has 1 aliphatic rings. The van der Waals surface area contributed by atoms with E-state index in [4.69, 9.17) is 5.73 Å². The number of nitrogens with one attached hydrogen (secondary N) is 2. The van der Waals surface area contributed by atoms with Gasteiger partial charge in [-0.1, -0.05) is 12.5 Å². The summed E-state index contributed by atoms with van der Waals surface area (Å²) in [7, 11) is 0. The quantitative estimate of drug-likeness (QED) is 0.758. The first-order chi connectivity index (χ1) is 11.7. The Hall–Kier alpha value is -2.09. The predicted molar refractivity (Wildman–Crippen MR) is 88.1 cm³/mol. The normalized spacial score (nSPS) is 20.4. The van der Waals surface area contributed by atoms with Crippen molar-refractivity contribution in [3.63, 3.8) is 0 Å². The third-order valence-corrected chi connectivity index (χ3v) is 4.39. The van der Waals surface area contributed by atoms with Crippen LogP contribution in [0.5, 0.6) is 0 Å².